The smallest absolute Gasteiger partial charge is 0.270 e. The normalized spacial score (nSPS) is 14.0. The minimum atomic E-state index is -3.33. The number of nitrogens with zero attached hydrogens (tertiary/aromatic N) is 2. The van der Waals surface area contributed by atoms with Gasteiger partial charge in [0.2, 0.25) is 0 Å². The van der Waals surface area contributed by atoms with E-state index in [9.17, 15) is 23.3 Å². The number of rotatable bonds is 3. The van der Waals surface area contributed by atoms with Gasteiger partial charge in [-0.15, -0.1) is 0 Å². The summed E-state index contributed by atoms with van der Waals surface area (Å²) >= 11 is 1.98. The number of aryl methyl sites for hydroxylation is 1. The molecule has 26 heavy (non-hydrogen) atoms. The van der Waals surface area contributed by atoms with Crippen molar-refractivity contribution < 1.29 is 18.1 Å². The number of sulfone groups is 1. The van der Waals surface area contributed by atoms with Crippen molar-refractivity contribution in [2.24, 2.45) is 0 Å². The Kier molecular flexibility index (Phi) is 5.02. The van der Waals surface area contributed by atoms with E-state index in [1.807, 2.05) is 22.6 Å². The minimum absolute atomic E-state index is 0.140. The SMILES string of the molecule is CS(=O)(=O)c1ccc2c(c1)CCCN2C(=O)c1cc([N+](=O)[O-])ccc1I. The number of fused-ring (bicyclic) bond motifs is 1. The molecule has 0 spiro atoms. The third kappa shape index (κ3) is 3.58. The summed E-state index contributed by atoms with van der Waals surface area (Å²) in [7, 11) is -3.33. The van der Waals surface area contributed by atoms with Crippen LogP contribution in [0.5, 0.6) is 0 Å². The van der Waals surface area contributed by atoms with Crippen molar-refractivity contribution in [3.05, 3.63) is 61.2 Å². The van der Waals surface area contributed by atoms with Crippen LogP contribution in [0.25, 0.3) is 0 Å². The average molecular weight is 486 g/mol. The molecule has 0 radical (unpaired) electrons. The molecular weight excluding hydrogens is 471 g/mol. The summed E-state index contributed by atoms with van der Waals surface area (Å²) in [6.45, 7) is 0.475. The van der Waals surface area contributed by atoms with Crippen molar-refractivity contribution >= 4 is 49.7 Å². The van der Waals surface area contributed by atoms with Gasteiger partial charge in [0.25, 0.3) is 11.6 Å². The van der Waals surface area contributed by atoms with Crippen molar-refractivity contribution in [1.29, 1.82) is 0 Å². The molecular formula is C17H15IN2O5S. The summed E-state index contributed by atoms with van der Waals surface area (Å²) in [6.07, 6.45) is 2.51. The second-order valence-electron chi connectivity index (χ2n) is 6.04. The van der Waals surface area contributed by atoms with Gasteiger partial charge in [0.1, 0.15) is 0 Å². The lowest BCUT2D eigenvalue weighted by atomic mass is 10.0. The van der Waals surface area contributed by atoms with E-state index in [4.69, 9.17) is 0 Å². The van der Waals surface area contributed by atoms with Gasteiger partial charge in [-0.3, -0.25) is 14.9 Å². The summed E-state index contributed by atoms with van der Waals surface area (Å²) in [5.74, 6) is -0.328. The Morgan fingerprint density at radius 3 is 2.62 bits per heavy atom. The zero-order valence-electron chi connectivity index (χ0n) is 13.8. The van der Waals surface area contributed by atoms with E-state index in [1.165, 1.54) is 18.2 Å². The number of carbonyl (C=O) groups excluding carboxylic acids is 1. The molecule has 0 aromatic heterocycles. The second-order valence-corrected chi connectivity index (χ2v) is 9.22. The van der Waals surface area contributed by atoms with E-state index in [0.29, 0.717) is 28.6 Å². The van der Waals surface area contributed by atoms with Crippen LogP contribution < -0.4 is 4.90 Å². The lowest BCUT2D eigenvalue weighted by Crippen LogP contribution is -2.36. The highest BCUT2D eigenvalue weighted by Gasteiger charge is 2.27. The van der Waals surface area contributed by atoms with Crippen LogP contribution in [0.15, 0.2) is 41.3 Å². The molecule has 0 fully saturated rings. The Bertz CT molecular complexity index is 1020. The predicted molar refractivity (Wildman–Crippen MR) is 105 cm³/mol. The summed E-state index contributed by atoms with van der Waals surface area (Å²) in [6, 6.07) is 8.90. The summed E-state index contributed by atoms with van der Waals surface area (Å²) in [5.41, 5.74) is 1.56. The Morgan fingerprint density at radius 1 is 1.23 bits per heavy atom. The van der Waals surface area contributed by atoms with Crippen LogP contribution in [0.1, 0.15) is 22.3 Å². The first kappa shape index (κ1) is 18.8. The zero-order chi connectivity index (χ0) is 19.1. The third-order valence-corrected chi connectivity index (χ3v) is 6.28. The molecule has 3 rings (SSSR count). The van der Waals surface area contributed by atoms with Gasteiger partial charge in [-0.1, -0.05) is 0 Å². The number of amides is 1. The molecule has 0 N–H and O–H groups in total. The van der Waals surface area contributed by atoms with Crippen molar-refractivity contribution in [2.75, 3.05) is 17.7 Å². The van der Waals surface area contributed by atoms with Gasteiger partial charge >= 0.3 is 0 Å². The lowest BCUT2D eigenvalue weighted by Gasteiger charge is -2.30. The van der Waals surface area contributed by atoms with Gasteiger partial charge in [0.05, 0.1) is 15.4 Å². The standard InChI is InChI=1S/C17H15IN2O5S/c1-26(24,25)13-5-7-16-11(9-13)3-2-8-19(16)17(21)14-10-12(20(22)23)4-6-15(14)18/h4-7,9-10H,2-3,8H2,1H3. The number of halogens is 1. The molecule has 0 atom stereocenters. The van der Waals surface area contributed by atoms with Crippen LogP contribution in [0.3, 0.4) is 0 Å². The van der Waals surface area contributed by atoms with Crippen molar-refractivity contribution in [2.45, 2.75) is 17.7 Å². The number of anilines is 1. The summed E-state index contributed by atoms with van der Waals surface area (Å²) in [4.78, 5) is 25.3. The van der Waals surface area contributed by atoms with Crippen LogP contribution >= 0.6 is 22.6 Å². The molecule has 0 aliphatic carbocycles. The van der Waals surface area contributed by atoms with Gasteiger partial charge in [-0.25, -0.2) is 8.42 Å². The van der Waals surface area contributed by atoms with Crippen LogP contribution in [-0.4, -0.2) is 32.0 Å². The maximum atomic E-state index is 13.0. The first-order valence-electron chi connectivity index (χ1n) is 7.77. The van der Waals surface area contributed by atoms with Crippen LogP contribution in [0.4, 0.5) is 11.4 Å². The number of hydrogen-bond acceptors (Lipinski definition) is 5. The van der Waals surface area contributed by atoms with Gasteiger partial charge in [0, 0.05) is 34.2 Å². The average Bonchev–Trinajstić information content (AvgIpc) is 2.59. The first-order valence-corrected chi connectivity index (χ1v) is 10.7. The molecule has 0 bridgehead atoms. The van der Waals surface area contributed by atoms with Gasteiger partial charge in [-0.2, -0.15) is 0 Å². The highest BCUT2D eigenvalue weighted by atomic mass is 127. The third-order valence-electron chi connectivity index (χ3n) is 4.23. The first-order chi connectivity index (χ1) is 12.2. The molecule has 136 valence electrons. The second kappa shape index (κ2) is 6.95. The Labute approximate surface area is 164 Å². The zero-order valence-corrected chi connectivity index (χ0v) is 16.8. The molecule has 0 saturated carbocycles. The maximum absolute atomic E-state index is 13.0. The number of hydrogen-bond donors (Lipinski definition) is 0. The topological polar surface area (TPSA) is 97.6 Å². The molecule has 1 aliphatic heterocycles. The van der Waals surface area contributed by atoms with E-state index < -0.39 is 14.8 Å². The molecule has 9 heteroatoms. The van der Waals surface area contributed by atoms with E-state index in [1.54, 1.807) is 23.1 Å². The molecule has 2 aromatic carbocycles. The largest absolute Gasteiger partial charge is 0.308 e. The Hall–Kier alpha value is -2.01. The monoisotopic (exact) mass is 486 g/mol. The number of nitro benzene ring substituents is 1. The van der Waals surface area contributed by atoms with Crippen molar-refractivity contribution in [1.82, 2.24) is 0 Å². The summed E-state index contributed by atoms with van der Waals surface area (Å²) < 4.78 is 24.1. The molecule has 2 aromatic rings. The number of non-ortho nitro benzene ring substituents is 1. The van der Waals surface area contributed by atoms with Crippen LogP contribution in [0, 0.1) is 13.7 Å². The fourth-order valence-corrected chi connectivity index (χ4v) is 4.19. The highest BCUT2D eigenvalue weighted by Crippen LogP contribution is 2.32. The predicted octanol–water partition coefficient (Wildman–Crippen LogP) is 3.20. The Balaban J connectivity index is 2.04. The van der Waals surface area contributed by atoms with Gasteiger partial charge < -0.3 is 4.90 Å². The minimum Gasteiger partial charge on any atom is -0.308 e. The number of nitro groups is 1. The molecule has 0 saturated heterocycles. The molecule has 0 unspecified atom stereocenters. The molecule has 1 aliphatic rings. The van der Waals surface area contributed by atoms with E-state index >= 15 is 0 Å². The lowest BCUT2D eigenvalue weighted by molar-refractivity contribution is -0.384. The van der Waals surface area contributed by atoms with Crippen molar-refractivity contribution in [3.8, 4) is 0 Å². The quantitative estimate of drug-likeness (QED) is 0.377. The van der Waals surface area contributed by atoms with Gasteiger partial charge in [0.15, 0.2) is 9.84 Å². The highest BCUT2D eigenvalue weighted by molar-refractivity contribution is 14.1. The fourth-order valence-electron chi connectivity index (χ4n) is 2.95. The van der Waals surface area contributed by atoms with Crippen molar-refractivity contribution in [3.63, 3.8) is 0 Å². The maximum Gasteiger partial charge on any atom is 0.270 e. The molecule has 1 heterocycles. The van der Waals surface area contributed by atoms with Crippen LogP contribution in [0.2, 0.25) is 0 Å². The van der Waals surface area contributed by atoms with E-state index in [-0.39, 0.29) is 22.1 Å². The fraction of sp³-hybridized carbons (Fsp3) is 0.235. The Morgan fingerprint density at radius 2 is 1.96 bits per heavy atom. The summed E-state index contributed by atoms with van der Waals surface area (Å²) in [5, 5.41) is 11.0. The van der Waals surface area contributed by atoms with Gasteiger partial charge in [-0.05, 0) is 65.3 Å². The molecule has 1 amide bonds. The number of carbonyl (C=O) groups is 1. The number of benzene rings is 2. The van der Waals surface area contributed by atoms with E-state index in [0.717, 1.165) is 11.8 Å². The van der Waals surface area contributed by atoms with E-state index in [2.05, 4.69) is 0 Å². The van der Waals surface area contributed by atoms with Crippen LogP contribution in [-0.2, 0) is 16.3 Å². The molecule has 7 nitrogen and oxygen atoms in total.